The summed E-state index contributed by atoms with van der Waals surface area (Å²) in [5.41, 5.74) is 0.684. The Morgan fingerprint density at radius 2 is 2.40 bits per heavy atom. The van der Waals surface area contributed by atoms with Crippen molar-refractivity contribution in [2.45, 2.75) is 6.54 Å². The topological polar surface area (TPSA) is 63.8 Å². The van der Waals surface area contributed by atoms with Crippen LogP contribution in [0.2, 0.25) is 0 Å². The quantitative estimate of drug-likeness (QED) is 0.917. The van der Waals surface area contributed by atoms with Crippen LogP contribution in [0.5, 0.6) is 0 Å². The van der Waals surface area contributed by atoms with Crippen LogP contribution in [0, 0.1) is 0 Å². The summed E-state index contributed by atoms with van der Waals surface area (Å²) in [6.45, 7) is 0.553. The van der Waals surface area contributed by atoms with Gasteiger partial charge in [-0.15, -0.1) is 0 Å². The Bertz CT molecular complexity index is 457. The molecule has 0 atom stereocenters. The van der Waals surface area contributed by atoms with E-state index in [4.69, 9.17) is 4.52 Å². The second-order valence-electron chi connectivity index (χ2n) is 2.88. The molecule has 0 spiro atoms. The Morgan fingerprint density at radius 1 is 1.53 bits per heavy atom. The van der Waals surface area contributed by atoms with Gasteiger partial charge in [-0.2, -0.15) is 4.98 Å². The van der Waals surface area contributed by atoms with E-state index in [1.807, 2.05) is 19.2 Å². The summed E-state index contributed by atoms with van der Waals surface area (Å²) in [6, 6.07) is 3.72. The highest BCUT2D eigenvalue weighted by Crippen LogP contribution is 2.22. The first-order chi connectivity index (χ1) is 7.31. The van der Waals surface area contributed by atoms with Gasteiger partial charge in [0.05, 0.1) is 6.54 Å². The van der Waals surface area contributed by atoms with E-state index in [1.54, 1.807) is 6.20 Å². The molecule has 5 nitrogen and oxygen atoms in total. The first kappa shape index (κ1) is 10.3. The van der Waals surface area contributed by atoms with Crippen molar-refractivity contribution in [2.75, 3.05) is 7.05 Å². The van der Waals surface area contributed by atoms with Gasteiger partial charge in [0.15, 0.2) is 0 Å². The first-order valence-electron chi connectivity index (χ1n) is 4.39. The van der Waals surface area contributed by atoms with Crippen molar-refractivity contribution < 1.29 is 4.52 Å². The SMILES string of the molecule is CNCc1nc(-c2ncccc2Br)no1. The van der Waals surface area contributed by atoms with E-state index in [1.165, 1.54) is 0 Å². The van der Waals surface area contributed by atoms with Crippen LogP contribution < -0.4 is 5.32 Å². The van der Waals surface area contributed by atoms with Gasteiger partial charge in [-0.3, -0.25) is 4.98 Å². The van der Waals surface area contributed by atoms with Gasteiger partial charge in [0, 0.05) is 10.7 Å². The van der Waals surface area contributed by atoms with E-state index in [-0.39, 0.29) is 0 Å². The number of aromatic nitrogens is 3. The third-order valence-corrected chi connectivity index (χ3v) is 2.41. The molecule has 0 aromatic carbocycles. The molecule has 2 aromatic heterocycles. The predicted molar refractivity (Wildman–Crippen MR) is 58.0 cm³/mol. The van der Waals surface area contributed by atoms with Crippen LogP contribution in [-0.4, -0.2) is 22.2 Å². The Labute approximate surface area is 95.0 Å². The first-order valence-corrected chi connectivity index (χ1v) is 5.18. The molecule has 6 heteroatoms. The van der Waals surface area contributed by atoms with E-state index in [9.17, 15) is 0 Å². The summed E-state index contributed by atoms with van der Waals surface area (Å²) >= 11 is 3.38. The second-order valence-corrected chi connectivity index (χ2v) is 3.73. The lowest BCUT2D eigenvalue weighted by Gasteiger charge is -1.95. The molecule has 15 heavy (non-hydrogen) atoms. The zero-order valence-corrected chi connectivity index (χ0v) is 9.65. The van der Waals surface area contributed by atoms with Crippen LogP contribution in [-0.2, 0) is 6.54 Å². The average Bonchev–Trinajstić information content (AvgIpc) is 2.68. The van der Waals surface area contributed by atoms with Crippen molar-refractivity contribution in [1.29, 1.82) is 0 Å². The molecule has 0 aliphatic rings. The summed E-state index contributed by atoms with van der Waals surface area (Å²) in [5.74, 6) is 1.04. The number of rotatable bonds is 3. The van der Waals surface area contributed by atoms with Crippen molar-refractivity contribution >= 4 is 15.9 Å². The molecule has 0 saturated carbocycles. The Balaban J connectivity index is 2.33. The van der Waals surface area contributed by atoms with E-state index in [2.05, 4.69) is 36.4 Å². The van der Waals surface area contributed by atoms with Gasteiger partial charge in [0.25, 0.3) is 0 Å². The fourth-order valence-electron chi connectivity index (χ4n) is 1.12. The molecule has 2 aromatic rings. The molecule has 2 rings (SSSR count). The number of pyridine rings is 1. The van der Waals surface area contributed by atoms with Crippen LogP contribution >= 0.6 is 15.9 Å². The Kier molecular flexibility index (Phi) is 3.08. The minimum absolute atomic E-state index is 0.493. The van der Waals surface area contributed by atoms with Gasteiger partial charge >= 0.3 is 0 Å². The maximum atomic E-state index is 5.03. The maximum Gasteiger partial charge on any atom is 0.240 e. The van der Waals surface area contributed by atoms with Crippen LogP contribution in [0.25, 0.3) is 11.5 Å². The molecule has 0 bridgehead atoms. The van der Waals surface area contributed by atoms with Crippen molar-refractivity contribution in [3.05, 3.63) is 28.7 Å². The lowest BCUT2D eigenvalue weighted by atomic mass is 10.3. The summed E-state index contributed by atoms with van der Waals surface area (Å²) < 4.78 is 5.88. The molecule has 1 N–H and O–H groups in total. The molecule has 2 heterocycles. The van der Waals surface area contributed by atoms with Crippen molar-refractivity contribution in [2.24, 2.45) is 0 Å². The van der Waals surface area contributed by atoms with Gasteiger partial charge in [-0.25, -0.2) is 0 Å². The Hall–Kier alpha value is -1.27. The van der Waals surface area contributed by atoms with Gasteiger partial charge in [-0.1, -0.05) is 5.16 Å². The molecule has 0 fully saturated rings. The van der Waals surface area contributed by atoms with Gasteiger partial charge in [0.2, 0.25) is 11.7 Å². The smallest absolute Gasteiger partial charge is 0.240 e. The summed E-state index contributed by atoms with van der Waals surface area (Å²) in [5, 5.41) is 6.78. The standard InChI is InChI=1S/C9H9BrN4O/c1-11-5-7-13-9(14-15-7)8-6(10)3-2-4-12-8/h2-4,11H,5H2,1H3. The van der Waals surface area contributed by atoms with Gasteiger partial charge in [-0.05, 0) is 35.1 Å². The van der Waals surface area contributed by atoms with E-state index in [0.717, 1.165) is 4.47 Å². The highest BCUT2D eigenvalue weighted by atomic mass is 79.9. The van der Waals surface area contributed by atoms with Crippen molar-refractivity contribution in [3.8, 4) is 11.5 Å². The summed E-state index contributed by atoms with van der Waals surface area (Å²) in [4.78, 5) is 8.37. The minimum Gasteiger partial charge on any atom is -0.337 e. The normalized spacial score (nSPS) is 10.5. The molecular formula is C9H9BrN4O. The van der Waals surface area contributed by atoms with Crippen LogP contribution in [0.3, 0.4) is 0 Å². The maximum absolute atomic E-state index is 5.03. The number of halogens is 1. The van der Waals surface area contributed by atoms with E-state index < -0.39 is 0 Å². The molecule has 0 radical (unpaired) electrons. The third-order valence-electron chi connectivity index (χ3n) is 1.77. The largest absolute Gasteiger partial charge is 0.337 e. The van der Waals surface area contributed by atoms with Gasteiger partial charge in [0.1, 0.15) is 5.69 Å². The van der Waals surface area contributed by atoms with Crippen molar-refractivity contribution in [1.82, 2.24) is 20.4 Å². The predicted octanol–water partition coefficient (Wildman–Crippen LogP) is 1.61. The number of nitrogens with zero attached hydrogens (tertiary/aromatic N) is 3. The monoisotopic (exact) mass is 268 g/mol. The zero-order valence-electron chi connectivity index (χ0n) is 8.07. The number of hydrogen-bond acceptors (Lipinski definition) is 5. The fraction of sp³-hybridized carbons (Fsp3) is 0.222. The van der Waals surface area contributed by atoms with E-state index >= 15 is 0 Å². The third kappa shape index (κ3) is 2.21. The van der Waals surface area contributed by atoms with Gasteiger partial charge < -0.3 is 9.84 Å². The summed E-state index contributed by atoms with van der Waals surface area (Å²) in [7, 11) is 1.82. The highest BCUT2D eigenvalue weighted by molar-refractivity contribution is 9.10. The molecule has 78 valence electrons. The van der Waals surface area contributed by atoms with Crippen LogP contribution in [0.1, 0.15) is 5.89 Å². The van der Waals surface area contributed by atoms with E-state index in [0.29, 0.717) is 24.0 Å². The lowest BCUT2D eigenvalue weighted by Crippen LogP contribution is -2.04. The molecule has 0 unspecified atom stereocenters. The van der Waals surface area contributed by atoms with Crippen LogP contribution in [0.15, 0.2) is 27.3 Å². The molecule has 0 amide bonds. The molecular weight excluding hydrogens is 260 g/mol. The van der Waals surface area contributed by atoms with Crippen molar-refractivity contribution in [3.63, 3.8) is 0 Å². The zero-order chi connectivity index (χ0) is 10.7. The number of nitrogens with one attached hydrogen (secondary N) is 1. The highest BCUT2D eigenvalue weighted by Gasteiger charge is 2.11. The minimum atomic E-state index is 0.493. The molecule has 0 aliphatic heterocycles. The Morgan fingerprint density at radius 3 is 3.13 bits per heavy atom. The summed E-state index contributed by atoms with van der Waals surface area (Å²) in [6.07, 6.45) is 1.69. The lowest BCUT2D eigenvalue weighted by molar-refractivity contribution is 0.372. The average molecular weight is 269 g/mol. The number of hydrogen-bond donors (Lipinski definition) is 1. The molecule has 0 aliphatic carbocycles. The van der Waals surface area contributed by atoms with Crippen LogP contribution in [0.4, 0.5) is 0 Å². The second kappa shape index (κ2) is 4.50. The molecule has 0 saturated heterocycles. The fourth-order valence-corrected chi connectivity index (χ4v) is 1.56.